The number of carbonyl (C=O) groups is 1. The largest absolute Gasteiger partial charge is 0.366 e. The summed E-state index contributed by atoms with van der Waals surface area (Å²) in [5.74, 6) is 0.254. The van der Waals surface area contributed by atoms with E-state index < -0.39 is 0 Å². The van der Waals surface area contributed by atoms with Crippen LogP contribution in [0.4, 0.5) is 0 Å². The van der Waals surface area contributed by atoms with Gasteiger partial charge in [-0.25, -0.2) is 0 Å². The molecule has 0 aliphatic carbocycles. The van der Waals surface area contributed by atoms with E-state index in [2.05, 4.69) is 40.2 Å². The number of ether oxygens (including phenoxy) is 1. The van der Waals surface area contributed by atoms with Crippen molar-refractivity contribution in [2.24, 2.45) is 0 Å². The molecule has 5 heteroatoms. The first-order chi connectivity index (χ1) is 14.2. The van der Waals surface area contributed by atoms with E-state index in [0.717, 1.165) is 58.4 Å². The molecule has 1 atom stereocenters. The molecular formula is C24H29N3O2. The van der Waals surface area contributed by atoms with Crippen LogP contribution in [-0.4, -0.2) is 53.0 Å². The van der Waals surface area contributed by atoms with Gasteiger partial charge in [0, 0.05) is 45.1 Å². The van der Waals surface area contributed by atoms with Crippen LogP contribution in [0.3, 0.4) is 0 Å². The first-order valence-electron chi connectivity index (χ1n) is 10.9. The van der Waals surface area contributed by atoms with Gasteiger partial charge in [-0.2, -0.15) is 0 Å². The lowest BCUT2D eigenvalue weighted by atomic mass is 9.77. The fourth-order valence-corrected chi connectivity index (χ4v) is 5.02. The van der Waals surface area contributed by atoms with Crippen molar-refractivity contribution < 1.29 is 9.53 Å². The molecule has 2 saturated heterocycles. The maximum absolute atomic E-state index is 12.6. The number of fused-ring (bicyclic) bond motifs is 2. The minimum Gasteiger partial charge on any atom is -0.366 e. The molecule has 0 bridgehead atoms. The average Bonchev–Trinajstić information content (AvgIpc) is 2.69. The lowest BCUT2D eigenvalue weighted by Gasteiger charge is -2.48. The number of pyridine rings is 1. The van der Waals surface area contributed by atoms with Gasteiger partial charge in [0.25, 0.3) is 0 Å². The predicted molar refractivity (Wildman–Crippen MR) is 111 cm³/mol. The standard InChI is InChI=1S/C24H29N3O2/c28-23(27-11-4-12-27)16-21-15-20-6-1-2-7-22(20)24(29-21)8-13-26(14-9-24)18-19-5-3-10-25-17-19/h1-3,5-7,10,17,21H,4,8-9,11-16,18H2. The van der Waals surface area contributed by atoms with Crippen molar-refractivity contribution >= 4 is 5.91 Å². The van der Waals surface area contributed by atoms with E-state index in [1.54, 1.807) is 0 Å². The number of amides is 1. The number of likely N-dealkylation sites (tertiary alicyclic amines) is 2. The number of carbonyl (C=O) groups excluding carboxylic acids is 1. The van der Waals surface area contributed by atoms with Crippen LogP contribution >= 0.6 is 0 Å². The number of piperidine rings is 1. The van der Waals surface area contributed by atoms with E-state index in [1.807, 2.05) is 23.4 Å². The first-order valence-corrected chi connectivity index (χ1v) is 10.9. The summed E-state index contributed by atoms with van der Waals surface area (Å²) in [4.78, 5) is 21.3. The second kappa shape index (κ2) is 7.88. The monoisotopic (exact) mass is 391 g/mol. The van der Waals surface area contributed by atoms with Crippen molar-refractivity contribution in [2.75, 3.05) is 26.2 Å². The van der Waals surface area contributed by atoms with E-state index in [4.69, 9.17) is 4.74 Å². The highest BCUT2D eigenvalue weighted by atomic mass is 16.5. The summed E-state index contributed by atoms with van der Waals surface area (Å²) in [6.07, 6.45) is 8.19. The van der Waals surface area contributed by atoms with Crippen molar-refractivity contribution in [1.29, 1.82) is 0 Å². The molecule has 2 fully saturated rings. The summed E-state index contributed by atoms with van der Waals surface area (Å²) in [6, 6.07) is 12.8. The number of hydrogen-bond donors (Lipinski definition) is 0. The molecular weight excluding hydrogens is 362 g/mol. The minimum atomic E-state index is -0.250. The summed E-state index contributed by atoms with van der Waals surface area (Å²) >= 11 is 0. The summed E-state index contributed by atoms with van der Waals surface area (Å²) in [6.45, 7) is 4.75. The maximum Gasteiger partial charge on any atom is 0.225 e. The van der Waals surface area contributed by atoms with E-state index in [9.17, 15) is 4.79 Å². The molecule has 29 heavy (non-hydrogen) atoms. The quantitative estimate of drug-likeness (QED) is 0.803. The molecule has 1 spiro atoms. The Bertz CT molecular complexity index is 857. The molecule has 1 aromatic heterocycles. The zero-order valence-electron chi connectivity index (χ0n) is 16.9. The maximum atomic E-state index is 12.6. The van der Waals surface area contributed by atoms with Gasteiger partial charge < -0.3 is 9.64 Å². The second-order valence-electron chi connectivity index (χ2n) is 8.67. The van der Waals surface area contributed by atoms with Crippen molar-refractivity contribution in [1.82, 2.24) is 14.8 Å². The van der Waals surface area contributed by atoms with Crippen LogP contribution in [0.25, 0.3) is 0 Å². The van der Waals surface area contributed by atoms with Gasteiger partial charge in [-0.1, -0.05) is 30.3 Å². The van der Waals surface area contributed by atoms with Gasteiger partial charge in [-0.05, 0) is 48.4 Å². The van der Waals surface area contributed by atoms with Gasteiger partial charge in [0.1, 0.15) is 0 Å². The summed E-state index contributed by atoms with van der Waals surface area (Å²) in [5.41, 5.74) is 3.71. The predicted octanol–water partition coefficient (Wildman–Crippen LogP) is 3.14. The lowest BCUT2D eigenvalue weighted by Crippen LogP contribution is -2.50. The highest BCUT2D eigenvalue weighted by Crippen LogP contribution is 2.44. The summed E-state index contributed by atoms with van der Waals surface area (Å²) in [7, 11) is 0. The van der Waals surface area contributed by atoms with Crippen LogP contribution in [0.2, 0.25) is 0 Å². The van der Waals surface area contributed by atoms with Crippen molar-refractivity contribution in [3.05, 3.63) is 65.5 Å². The van der Waals surface area contributed by atoms with Crippen LogP contribution in [-0.2, 0) is 28.1 Å². The van der Waals surface area contributed by atoms with Gasteiger partial charge >= 0.3 is 0 Å². The topological polar surface area (TPSA) is 45.7 Å². The Morgan fingerprint density at radius 3 is 2.66 bits per heavy atom. The highest BCUT2D eigenvalue weighted by molar-refractivity contribution is 5.77. The molecule has 0 N–H and O–H groups in total. The SMILES string of the molecule is O=C(CC1Cc2ccccc2C2(CCN(Cc3cccnc3)CC2)O1)N1CCC1. The van der Waals surface area contributed by atoms with Gasteiger partial charge in [0.2, 0.25) is 5.91 Å². The van der Waals surface area contributed by atoms with Gasteiger partial charge in [0.05, 0.1) is 18.1 Å². The first kappa shape index (κ1) is 18.8. The Labute approximate surface area is 172 Å². The molecule has 152 valence electrons. The van der Waals surface area contributed by atoms with E-state index >= 15 is 0 Å². The Morgan fingerprint density at radius 1 is 1.10 bits per heavy atom. The normalized spacial score (nSPS) is 23.4. The minimum absolute atomic E-state index is 0.0112. The summed E-state index contributed by atoms with van der Waals surface area (Å²) in [5, 5.41) is 0. The molecule has 0 radical (unpaired) electrons. The number of nitrogens with zero attached hydrogens (tertiary/aromatic N) is 3. The fraction of sp³-hybridized carbons (Fsp3) is 0.500. The Kier molecular flexibility index (Phi) is 5.10. The van der Waals surface area contributed by atoms with E-state index in [1.165, 1.54) is 16.7 Å². The van der Waals surface area contributed by atoms with Crippen LogP contribution in [0, 0.1) is 0 Å². The molecule has 3 aliphatic rings. The lowest BCUT2D eigenvalue weighted by molar-refractivity contribution is -0.157. The van der Waals surface area contributed by atoms with Crippen LogP contribution in [0.1, 0.15) is 42.4 Å². The molecule has 1 amide bonds. The molecule has 2 aromatic rings. The van der Waals surface area contributed by atoms with Crippen molar-refractivity contribution in [3.63, 3.8) is 0 Å². The molecule has 5 nitrogen and oxygen atoms in total. The van der Waals surface area contributed by atoms with E-state index in [0.29, 0.717) is 6.42 Å². The molecule has 1 aromatic carbocycles. The van der Waals surface area contributed by atoms with Crippen molar-refractivity contribution in [2.45, 2.75) is 50.4 Å². The third kappa shape index (κ3) is 3.81. The number of rotatable bonds is 4. The Hall–Kier alpha value is -2.24. The van der Waals surface area contributed by atoms with Gasteiger partial charge in [-0.15, -0.1) is 0 Å². The Balaban J connectivity index is 1.30. The third-order valence-electron chi connectivity index (χ3n) is 6.75. The molecule has 3 aliphatic heterocycles. The number of hydrogen-bond acceptors (Lipinski definition) is 4. The summed E-state index contributed by atoms with van der Waals surface area (Å²) < 4.78 is 6.74. The molecule has 0 saturated carbocycles. The van der Waals surface area contributed by atoms with Crippen LogP contribution in [0.5, 0.6) is 0 Å². The van der Waals surface area contributed by atoms with E-state index in [-0.39, 0.29) is 17.6 Å². The fourth-order valence-electron chi connectivity index (χ4n) is 5.02. The molecule has 1 unspecified atom stereocenters. The Morgan fingerprint density at radius 2 is 1.93 bits per heavy atom. The van der Waals surface area contributed by atoms with Crippen molar-refractivity contribution in [3.8, 4) is 0 Å². The zero-order valence-corrected chi connectivity index (χ0v) is 16.9. The van der Waals surface area contributed by atoms with Crippen LogP contribution in [0.15, 0.2) is 48.8 Å². The van der Waals surface area contributed by atoms with Gasteiger partial charge in [0.15, 0.2) is 0 Å². The third-order valence-corrected chi connectivity index (χ3v) is 6.75. The average molecular weight is 392 g/mol. The van der Waals surface area contributed by atoms with Gasteiger partial charge in [-0.3, -0.25) is 14.7 Å². The smallest absolute Gasteiger partial charge is 0.225 e. The molecule has 5 rings (SSSR count). The zero-order chi connectivity index (χ0) is 19.7. The number of aromatic nitrogens is 1. The number of benzene rings is 1. The van der Waals surface area contributed by atoms with Crippen LogP contribution < -0.4 is 0 Å². The highest BCUT2D eigenvalue weighted by Gasteiger charge is 2.44. The second-order valence-corrected chi connectivity index (χ2v) is 8.67. The molecule has 4 heterocycles.